The molecule has 92 valence electrons. The molecule has 0 bridgehead atoms. The standard InChI is InChI=1S/C10H18N2O3S/c1-10(2,7(11)9(14)15)16-6-4-5-12(3)8(6)13/h6-7H,4-5,11H2,1-3H3,(H,14,15)/t6?,7-/m0/s1. The maximum absolute atomic E-state index is 11.7. The van der Waals surface area contributed by atoms with Crippen molar-refractivity contribution in [2.24, 2.45) is 5.73 Å². The van der Waals surface area contributed by atoms with Gasteiger partial charge in [-0.05, 0) is 20.3 Å². The number of thioether (sulfide) groups is 1. The zero-order chi connectivity index (χ0) is 12.5. The summed E-state index contributed by atoms with van der Waals surface area (Å²) >= 11 is 1.36. The van der Waals surface area contributed by atoms with Crippen molar-refractivity contribution in [2.45, 2.75) is 36.3 Å². The van der Waals surface area contributed by atoms with Crippen molar-refractivity contribution in [1.29, 1.82) is 0 Å². The van der Waals surface area contributed by atoms with Crippen LogP contribution in [0.25, 0.3) is 0 Å². The number of carbonyl (C=O) groups is 2. The zero-order valence-corrected chi connectivity index (χ0v) is 10.6. The van der Waals surface area contributed by atoms with Gasteiger partial charge in [-0.1, -0.05) is 0 Å². The van der Waals surface area contributed by atoms with Crippen molar-refractivity contribution >= 4 is 23.6 Å². The van der Waals surface area contributed by atoms with Crippen LogP contribution in [0.4, 0.5) is 0 Å². The summed E-state index contributed by atoms with van der Waals surface area (Å²) in [5.74, 6) is -0.966. The van der Waals surface area contributed by atoms with Gasteiger partial charge < -0.3 is 15.7 Å². The quantitative estimate of drug-likeness (QED) is 0.737. The average Bonchev–Trinajstić information content (AvgIpc) is 2.48. The fraction of sp³-hybridized carbons (Fsp3) is 0.800. The van der Waals surface area contributed by atoms with Gasteiger partial charge in [-0.3, -0.25) is 9.59 Å². The first kappa shape index (κ1) is 13.3. The van der Waals surface area contributed by atoms with Crippen LogP contribution in [0.2, 0.25) is 0 Å². The molecular weight excluding hydrogens is 228 g/mol. The highest BCUT2D eigenvalue weighted by atomic mass is 32.2. The van der Waals surface area contributed by atoms with Crippen LogP contribution in [-0.2, 0) is 9.59 Å². The van der Waals surface area contributed by atoms with Crippen LogP contribution in [0.3, 0.4) is 0 Å². The normalized spacial score (nSPS) is 23.6. The molecule has 1 saturated heterocycles. The zero-order valence-electron chi connectivity index (χ0n) is 9.77. The average molecular weight is 246 g/mol. The van der Waals surface area contributed by atoms with E-state index < -0.39 is 16.8 Å². The number of amides is 1. The first-order valence-corrected chi connectivity index (χ1v) is 6.05. The third-order valence-electron chi connectivity index (χ3n) is 2.84. The van der Waals surface area contributed by atoms with Crippen LogP contribution < -0.4 is 5.73 Å². The van der Waals surface area contributed by atoms with Crippen molar-refractivity contribution in [2.75, 3.05) is 13.6 Å². The summed E-state index contributed by atoms with van der Waals surface area (Å²) in [6.45, 7) is 4.26. The Labute approximate surface area is 99.4 Å². The van der Waals surface area contributed by atoms with Gasteiger partial charge in [-0.25, -0.2) is 0 Å². The van der Waals surface area contributed by atoms with E-state index in [2.05, 4.69) is 0 Å². The topological polar surface area (TPSA) is 83.6 Å². The fourth-order valence-corrected chi connectivity index (χ4v) is 3.12. The molecule has 0 aromatic heterocycles. The summed E-state index contributed by atoms with van der Waals surface area (Å²) < 4.78 is -0.642. The molecule has 0 radical (unpaired) electrons. The van der Waals surface area contributed by atoms with Crippen LogP contribution in [0.5, 0.6) is 0 Å². The number of aliphatic carboxylic acids is 1. The van der Waals surface area contributed by atoms with Gasteiger partial charge in [0.2, 0.25) is 5.91 Å². The van der Waals surface area contributed by atoms with Crippen molar-refractivity contribution in [3.05, 3.63) is 0 Å². The highest BCUT2D eigenvalue weighted by Gasteiger charge is 2.39. The largest absolute Gasteiger partial charge is 0.480 e. The Balaban J connectivity index is 2.66. The van der Waals surface area contributed by atoms with Gasteiger partial charge in [0.05, 0.1) is 5.25 Å². The van der Waals surface area contributed by atoms with Crippen LogP contribution in [0.15, 0.2) is 0 Å². The molecular formula is C10H18N2O3S. The molecule has 6 heteroatoms. The third-order valence-corrected chi connectivity index (χ3v) is 4.42. The van der Waals surface area contributed by atoms with Gasteiger partial charge >= 0.3 is 5.97 Å². The van der Waals surface area contributed by atoms with Crippen molar-refractivity contribution in [1.82, 2.24) is 4.90 Å². The van der Waals surface area contributed by atoms with E-state index in [0.29, 0.717) is 0 Å². The molecule has 0 aromatic rings. The third kappa shape index (κ3) is 2.68. The van der Waals surface area contributed by atoms with E-state index >= 15 is 0 Å². The van der Waals surface area contributed by atoms with E-state index in [9.17, 15) is 9.59 Å². The number of likely N-dealkylation sites (tertiary alicyclic amines) is 1. The number of nitrogens with zero attached hydrogens (tertiary/aromatic N) is 1. The van der Waals surface area contributed by atoms with E-state index in [-0.39, 0.29) is 11.2 Å². The predicted molar refractivity (Wildman–Crippen MR) is 63.3 cm³/mol. The second-order valence-corrected chi connectivity index (χ2v) is 6.43. The van der Waals surface area contributed by atoms with Crippen LogP contribution >= 0.6 is 11.8 Å². The monoisotopic (exact) mass is 246 g/mol. The lowest BCUT2D eigenvalue weighted by atomic mass is 10.1. The molecule has 0 aliphatic carbocycles. The molecule has 0 saturated carbocycles. The molecule has 1 rings (SSSR count). The summed E-state index contributed by atoms with van der Waals surface area (Å²) in [7, 11) is 1.76. The second-order valence-electron chi connectivity index (χ2n) is 4.57. The van der Waals surface area contributed by atoms with Gasteiger partial charge in [0.1, 0.15) is 6.04 Å². The van der Waals surface area contributed by atoms with E-state index in [1.54, 1.807) is 25.8 Å². The lowest BCUT2D eigenvalue weighted by molar-refractivity contribution is -0.139. The van der Waals surface area contributed by atoms with Crippen molar-refractivity contribution in [3.8, 4) is 0 Å². The van der Waals surface area contributed by atoms with Gasteiger partial charge in [-0.2, -0.15) is 0 Å². The predicted octanol–water partition coefficient (Wildman–Crippen LogP) is 0.141. The number of carboxylic acids is 1. The number of rotatable bonds is 4. The first-order chi connectivity index (χ1) is 7.25. The van der Waals surface area contributed by atoms with E-state index in [1.165, 1.54) is 11.8 Å². The summed E-state index contributed by atoms with van der Waals surface area (Å²) in [6.07, 6.45) is 0.760. The minimum atomic E-state index is -1.03. The summed E-state index contributed by atoms with van der Waals surface area (Å²) in [6, 6.07) is -0.962. The van der Waals surface area contributed by atoms with Gasteiger partial charge in [-0.15, -0.1) is 11.8 Å². The molecule has 0 spiro atoms. The molecule has 1 amide bonds. The first-order valence-electron chi connectivity index (χ1n) is 5.17. The molecule has 1 heterocycles. The SMILES string of the molecule is CN1CCC(SC(C)(C)[C@@H](N)C(=O)O)C1=O. The molecule has 1 aliphatic heterocycles. The Morgan fingerprint density at radius 3 is 2.62 bits per heavy atom. The van der Waals surface area contributed by atoms with E-state index in [4.69, 9.17) is 10.8 Å². The van der Waals surface area contributed by atoms with Crippen LogP contribution in [0.1, 0.15) is 20.3 Å². The summed E-state index contributed by atoms with van der Waals surface area (Å²) in [5.41, 5.74) is 5.61. The Morgan fingerprint density at radius 1 is 1.69 bits per heavy atom. The molecule has 2 atom stereocenters. The Morgan fingerprint density at radius 2 is 2.25 bits per heavy atom. The smallest absolute Gasteiger partial charge is 0.321 e. The number of carboxylic acid groups (broad SMARTS) is 1. The number of nitrogens with two attached hydrogens (primary N) is 1. The van der Waals surface area contributed by atoms with Crippen molar-refractivity contribution in [3.63, 3.8) is 0 Å². The minimum Gasteiger partial charge on any atom is -0.480 e. The molecule has 1 fully saturated rings. The Kier molecular flexibility index (Phi) is 3.85. The molecule has 3 N–H and O–H groups in total. The van der Waals surface area contributed by atoms with Gasteiger partial charge in [0.15, 0.2) is 0 Å². The molecule has 1 unspecified atom stereocenters. The minimum absolute atomic E-state index is 0.0654. The second kappa shape index (κ2) is 4.63. The van der Waals surface area contributed by atoms with Crippen molar-refractivity contribution < 1.29 is 14.7 Å². The Bertz CT molecular complexity index is 306. The summed E-state index contributed by atoms with van der Waals surface area (Å²) in [5, 5.41) is 8.71. The van der Waals surface area contributed by atoms with Gasteiger partial charge in [0.25, 0.3) is 0 Å². The lowest BCUT2D eigenvalue weighted by Crippen LogP contribution is -2.48. The lowest BCUT2D eigenvalue weighted by Gasteiger charge is -2.30. The molecule has 1 aliphatic rings. The van der Waals surface area contributed by atoms with E-state index in [1.807, 2.05) is 0 Å². The summed E-state index contributed by atoms with van der Waals surface area (Å²) in [4.78, 5) is 24.2. The van der Waals surface area contributed by atoms with Crippen LogP contribution in [-0.4, -0.2) is 51.5 Å². The maximum atomic E-state index is 11.7. The van der Waals surface area contributed by atoms with E-state index in [0.717, 1.165) is 13.0 Å². The molecule has 0 aromatic carbocycles. The maximum Gasteiger partial charge on any atom is 0.321 e. The number of carbonyl (C=O) groups excluding carboxylic acids is 1. The van der Waals surface area contributed by atoms with Gasteiger partial charge in [0, 0.05) is 18.3 Å². The highest BCUT2D eigenvalue weighted by molar-refractivity contribution is 8.02. The highest BCUT2D eigenvalue weighted by Crippen LogP contribution is 2.35. The molecule has 16 heavy (non-hydrogen) atoms. The number of hydrogen-bond donors (Lipinski definition) is 2. The number of hydrogen-bond acceptors (Lipinski definition) is 4. The molecule has 5 nitrogen and oxygen atoms in total. The van der Waals surface area contributed by atoms with Crippen LogP contribution in [0, 0.1) is 0 Å². The fourth-order valence-electron chi connectivity index (χ4n) is 1.64. The Hall–Kier alpha value is -0.750.